The topological polar surface area (TPSA) is 36.7 Å². The summed E-state index contributed by atoms with van der Waals surface area (Å²) in [5.41, 5.74) is 1.85. The second-order valence-electron chi connectivity index (χ2n) is 2.27. The summed E-state index contributed by atoms with van der Waals surface area (Å²) in [6, 6.07) is 0. The van der Waals surface area contributed by atoms with Crippen molar-refractivity contribution < 1.29 is 0 Å². The molecule has 1 aromatic heterocycles. The van der Waals surface area contributed by atoms with E-state index < -0.39 is 0 Å². The Morgan fingerprint density at radius 3 is 2.67 bits per heavy atom. The fourth-order valence-corrected chi connectivity index (χ4v) is 2.16. The molecule has 0 unspecified atom stereocenters. The van der Waals surface area contributed by atoms with Gasteiger partial charge in [-0.15, -0.1) is 11.3 Å². The molecule has 12 heavy (non-hydrogen) atoms. The van der Waals surface area contributed by atoms with Crippen molar-refractivity contribution in [3.63, 3.8) is 0 Å². The van der Waals surface area contributed by atoms with Gasteiger partial charge in [0, 0.05) is 11.8 Å². The average molecular weight is 245 g/mol. The molecule has 0 amide bonds. The van der Waals surface area contributed by atoms with Crippen molar-refractivity contribution in [2.75, 3.05) is 0 Å². The Balaban J connectivity index is 3.11. The monoisotopic (exact) mass is 244 g/mol. The van der Waals surface area contributed by atoms with Crippen molar-refractivity contribution in [2.45, 2.75) is 13.8 Å². The van der Waals surface area contributed by atoms with Crippen LogP contribution in [0.2, 0.25) is 0 Å². The third-order valence-electron chi connectivity index (χ3n) is 1.45. The molecule has 0 saturated carbocycles. The highest BCUT2D eigenvalue weighted by atomic mass is 79.9. The Morgan fingerprint density at radius 1 is 1.67 bits per heavy atom. The van der Waals surface area contributed by atoms with E-state index in [2.05, 4.69) is 20.9 Å². The normalized spacial score (nSPS) is 11.8. The highest BCUT2D eigenvalue weighted by Crippen LogP contribution is 2.27. The molecule has 0 fully saturated rings. The van der Waals surface area contributed by atoms with Crippen LogP contribution in [0.1, 0.15) is 17.6 Å². The maximum atomic E-state index is 7.14. The Hall–Kier alpha value is -0.480. The first-order valence-corrected chi connectivity index (χ1v) is 5.10. The van der Waals surface area contributed by atoms with E-state index in [1.807, 2.05) is 19.9 Å². The maximum Gasteiger partial charge on any atom is 0.125 e. The van der Waals surface area contributed by atoms with Gasteiger partial charge < -0.3 is 5.41 Å². The predicted octanol–water partition coefficient (Wildman–Crippen LogP) is 3.27. The molecule has 0 spiro atoms. The van der Waals surface area contributed by atoms with Gasteiger partial charge in [-0.1, -0.05) is 6.08 Å². The molecule has 2 nitrogen and oxygen atoms in total. The molecular weight excluding hydrogens is 236 g/mol. The first kappa shape index (κ1) is 9.61. The number of hydrogen-bond acceptors (Lipinski definition) is 3. The van der Waals surface area contributed by atoms with E-state index >= 15 is 0 Å². The number of rotatable bonds is 2. The van der Waals surface area contributed by atoms with Gasteiger partial charge in [-0.2, -0.15) is 0 Å². The molecule has 1 heterocycles. The average Bonchev–Trinajstić information content (AvgIpc) is 2.35. The summed E-state index contributed by atoms with van der Waals surface area (Å²) < 4.78 is 1.04. The zero-order chi connectivity index (χ0) is 9.14. The second kappa shape index (κ2) is 3.96. The van der Waals surface area contributed by atoms with E-state index in [9.17, 15) is 0 Å². The first-order chi connectivity index (χ1) is 5.69. The Morgan fingerprint density at radius 2 is 2.33 bits per heavy atom. The van der Waals surface area contributed by atoms with Crippen LogP contribution in [0.5, 0.6) is 0 Å². The maximum absolute atomic E-state index is 7.14. The molecular formula is C8H9BrN2S. The molecule has 1 N–H and O–H groups in total. The van der Waals surface area contributed by atoms with Crippen molar-refractivity contribution >= 4 is 39.1 Å². The zero-order valence-corrected chi connectivity index (χ0v) is 9.29. The highest BCUT2D eigenvalue weighted by Gasteiger charge is 2.06. The highest BCUT2D eigenvalue weighted by molar-refractivity contribution is 9.11. The van der Waals surface area contributed by atoms with Crippen LogP contribution in [0.15, 0.2) is 9.86 Å². The summed E-state index contributed by atoms with van der Waals surface area (Å²) in [6.45, 7) is 3.85. The predicted molar refractivity (Wildman–Crippen MR) is 57.0 cm³/mol. The van der Waals surface area contributed by atoms with Crippen molar-refractivity contribution in [3.8, 4) is 0 Å². The minimum atomic E-state index is 0.869. The number of allylic oxidation sites excluding steroid dienone is 2. The number of nitrogens with zero attached hydrogens (tertiary/aromatic N) is 1. The van der Waals surface area contributed by atoms with Gasteiger partial charge in [0.2, 0.25) is 0 Å². The smallest absolute Gasteiger partial charge is 0.125 e. The van der Waals surface area contributed by atoms with Crippen molar-refractivity contribution in [1.29, 1.82) is 5.41 Å². The largest absolute Gasteiger partial charge is 0.308 e. The second-order valence-corrected chi connectivity index (χ2v) is 4.58. The van der Waals surface area contributed by atoms with Crippen molar-refractivity contribution in [1.82, 2.24) is 4.98 Å². The lowest BCUT2D eigenvalue weighted by Gasteiger charge is -1.90. The van der Waals surface area contributed by atoms with E-state index in [1.54, 1.807) is 11.3 Å². The molecule has 0 bridgehead atoms. The minimum Gasteiger partial charge on any atom is -0.308 e. The zero-order valence-electron chi connectivity index (χ0n) is 6.89. The standard InChI is InChI=1S/C8H9BrN2S/c1-3-6(4-10)8-11-5(2)7(9)12-8/h3-4,10H,1-2H3. The molecule has 0 atom stereocenters. The van der Waals surface area contributed by atoms with Crippen LogP contribution in [0.25, 0.3) is 5.57 Å². The quantitative estimate of drug-likeness (QED) is 0.797. The third kappa shape index (κ3) is 1.81. The van der Waals surface area contributed by atoms with E-state index in [1.165, 1.54) is 6.21 Å². The molecule has 0 aromatic carbocycles. The van der Waals surface area contributed by atoms with Gasteiger partial charge in [-0.3, -0.25) is 0 Å². The van der Waals surface area contributed by atoms with Crippen LogP contribution in [0.4, 0.5) is 0 Å². The van der Waals surface area contributed by atoms with Gasteiger partial charge >= 0.3 is 0 Å². The van der Waals surface area contributed by atoms with Crippen LogP contribution in [-0.2, 0) is 0 Å². The summed E-state index contributed by atoms with van der Waals surface area (Å²) >= 11 is 4.95. The Labute approximate surface area is 84.0 Å². The molecule has 0 aliphatic heterocycles. The number of aryl methyl sites for hydroxylation is 1. The van der Waals surface area contributed by atoms with Crippen molar-refractivity contribution in [3.05, 3.63) is 20.6 Å². The summed E-state index contributed by atoms with van der Waals surface area (Å²) in [5.74, 6) is 0. The number of hydrogen-bond donors (Lipinski definition) is 1. The number of nitrogens with one attached hydrogen (secondary N) is 1. The fourth-order valence-electron chi connectivity index (χ4n) is 0.770. The first-order valence-electron chi connectivity index (χ1n) is 3.49. The fraction of sp³-hybridized carbons (Fsp3) is 0.250. The van der Waals surface area contributed by atoms with Gasteiger partial charge in [0.1, 0.15) is 5.01 Å². The lowest BCUT2D eigenvalue weighted by Crippen LogP contribution is -1.82. The lowest BCUT2D eigenvalue weighted by atomic mass is 10.3. The van der Waals surface area contributed by atoms with Crippen LogP contribution >= 0.6 is 27.3 Å². The van der Waals surface area contributed by atoms with Crippen LogP contribution < -0.4 is 0 Å². The lowest BCUT2D eigenvalue weighted by molar-refractivity contribution is 1.23. The van der Waals surface area contributed by atoms with E-state index in [0.717, 1.165) is 20.1 Å². The molecule has 1 rings (SSSR count). The molecule has 0 radical (unpaired) electrons. The summed E-state index contributed by atoms with van der Waals surface area (Å²) in [7, 11) is 0. The van der Waals surface area contributed by atoms with E-state index in [-0.39, 0.29) is 0 Å². The molecule has 64 valence electrons. The van der Waals surface area contributed by atoms with Crippen molar-refractivity contribution in [2.24, 2.45) is 0 Å². The molecule has 0 aliphatic carbocycles. The number of aromatic nitrogens is 1. The van der Waals surface area contributed by atoms with E-state index in [0.29, 0.717) is 0 Å². The van der Waals surface area contributed by atoms with Gasteiger partial charge in [0.25, 0.3) is 0 Å². The number of halogens is 1. The van der Waals surface area contributed by atoms with E-state index in [4.69, 9.17) is 5.41 Å². The third-order valence-corrected chi connectivity index (χ3v) is 3.51. The van der Waals surface area contributed by atoms with Gasteiger partial charge in [-0.25, -0.2) is 4.98 Å². The summed E-state index contributed by atoms with van der Waals surface area (Å²) in [5, 5.41) is 8.04. The van der Waals surface area contributed by atoms with Gasteiger partial charge in [0.05, 0.1) is 9.48 Å². The SMILES string of the molecule is CC=C(C=N)c1nc(C)c(Br)s1. The van der Waals surface area contributed by atoms with Gasteiger partial charge in [0.15, 0.2) is 0 Å². The molecule has 0 aliphatic rings. The van der Waals surface area contributed by atoms with Crippen LogP contribution in [-0.4, -0.2) is 11.2 Å². The van der Waals surface area contributed by atoms with Crippen LogP contribution in [0, 0.1) is 12.3 Å². The van der Waals surface area contributed by atoms with Gasteiger partial charge in [-0.05, 0) is 29.8 Å². The summed E-state index contributed by atoms with van der Waals surface area (Å²) in [6.07, 6.45) is 3.21. The Bertz CT molecular complexity index is 308. The molecule has 4 heteroatoms. The minimum absolute atomic E-state index is 0.869. The number of thiazole rings is 1. The summed E-state index contributed by atoms with van der Waals surface area (Å²) in [4.78, 5) is 4.30. The molecule has 0 saturated heterocycles. The van der Waals surface area contributed by atoms with Crippen LogP contribution in [0.3, 0.4) is 0 Å². The Kier molecular flexibility index (Phi) is 3.17. The molecule has 1 aromatic rings.